The summed E-state index contributed by atoms with van der Waals surface area (Å²) in [4.78, 5) is 24.5. The number of rotatable bonds is 68. The monoisotopic (exact) mass is 1140 g/mol. The van der Waals surface area contributed by atoms with Crippen molar-refractivity contribution >= 4 is 11.9 Å². The summed E-state index contributed by atoms with van der Waals surface area (Å²) in [7, 11) is 0. The van der Waals surface area contributed by atoms with Gasteiger partial charge in [-0.05, 0) is 89.9 Å². The van der Waals surface area contributed by atoms with Gasteiger partial charge in [0.15, 0.2) is 0 Å². The maximum Gasteiger partial charge on any atom is 0.305 e. The number of carbonyl (C=O) groups is 2. The normalized spacial score (nSPS) is 12.8. The molecule has 81 heavy (non-hydrogen) atoms. The highest BCUT2D eigenvalue weighted by molar-refractivity contribution is 5.76. The van der Waals surface area contributed by atoms with Gasteiger partial charge in [0.25, 0.3) is 0 Å². The molecule has 3 N–H and O–H groups in total. The molecular weight excluding hydrogens is 995 g/mol. The second-order valence-corrected chi connectivity index (χ2v) is 24.9. The molecular formula is C75H141NO5. The highest BCUT2D eigenvalue weighted by atomic mass is 16.5. The number of carbonyl (C=O) groups excluding carboxylic acids is 2. The number of allylic oxidation sites excluding steroid dienone is 8. The number of aliphatic hydroxyl groups is 2. The van der Waals surface area contributed by atoms with Crippen molar-refractivity contribution in [2.24, 2.45) is 0 Å². The molecule has 2 atom stereocenters. The van der Waals surface area contributed by atoms with Crippen molar-refractivity contribution in [3.63, 3.8) is 0 Å². The number of esters is 1. The fraction of sp³-hybridized carbons (Fsp3) is 0.867. The van der Waals surface area contributed by atoms with Gasteiger partial charge < -0.3 is 20.3 Å². The Balaban J connectivity index is 3.33. The van der Waals surface area contributed by atoms with Crippen molar-refractivity contribution < 1.29 is 24.5 Å². The van der Waals surface area contributed by atoms with Gasteiger partial charge >= 0.3 is 5.97 Å². The van der Waals surface area contributed by atoms with Crippen LogP contribution in [0.3, 0.4) is 0 Å². The summed E-state index contributed by atoms with van der Waals surface area (Å²) in [6.45, 7) is 4.93. The average molecular weight is 1140 g/mol. The zero-order chi connectivity index (χ0) is 58.5. The number of aliphatic hydroxyl groups excluding tert-OH is 2. The quantitative estimate of drug-likeness (QED) is 0.0320. The number of nitrogens with one attached hydrogen (secondary N) is 1. The van der Waals surface area contributed by atoms with E-state index < -0.39 is 12.1 Å². The molecule has 0 aliphatic carbocycles. The molecule has 0 aromatic carbocycles. The molecule has 6 nitrogen and oxygen atoms in total. The summed E-state index contributed by atoms with van der Waals surface area (Å²) in [6, 6.07) is -0.537. The molecule has 476 valence electrons. The van der Waals surface area contributed by atoms with E-state index >= 15 is 0 Å². The van der Waals surface area contributed by atoms with Crippen molar-refractivity contribution in [3.05, 3.63) is 48.6 Å². The lowest BCUT2D eigenvalue weighted by Gasteiger charge is -2.22. The van der Waals surface area contributed by atoms with Crippen LogP contribution in [0.15, 0.2) is 48.6 Å². The number of hydrogen-bond acceptors (Lipinski definition) is 5. The van der Waals surface area contributed by atoms with E-state index in [-0.39, 0.29) is 18.5 Å². The standard InChI is InChI=1S/C75H141NO5/c1-3-5-7-9-11-13-14-15-16-43-46-49-53-57-61-65-69-75(80)81-70-66-62-58-54-50-47-44-41-39-37-35-33-31-29-27-25-23-21-19-17-18-20-22-24-26-28-30-32-34-36-38-40-42-45-48-52-56-60-64-68-74(79)76-72(71-77)73(78)67-63-59-55-51-12-10-8-6-4-2/h13-14,16-18,21,23,43,72-73,77-78H,3-12,15,19-20,22,24-42,44-71H2,1-2H3,(H,76,79)/b14-13-,18-17-,23-21-,43-16-. The lowest BCUT2D eigenvalue weighted by atomic mass is 10.0. The highest BCUT2D eigenvalue weighted by Crippen LogP contribution is 2.18. The van der Waals surface area contributed by atoms with Crippen LogP contribution in [0.2, 0.25) is 0 Å². The Morgan fingerprint density at radius 1 is 0.346 bits per heavy atom. The van der Waals surface area contributed by atoms with E-state index in [0.717, 1.165) is 57.8 Å². The van der Waals surface area contributed by atoms with Crippen LogP contribution in [-0.2, 0) is 14.3 Å². The summed E-state index contributed by atoms with van der Waals surface area (Å²) >= 11 is 0. The number of ether oxygens (including phenoxy) is 1. The van der Waals surface area contributed by atoms with Gasteiger partial charge in [0, 0.05) is 12.8 Å². The predicted molar refractivity (Wildman–Crippen MR) is 356 cm³/mol. The second kappa shape index (κ2) is 70.3. The van der Waals surface area contributed by atoms with Crippen molar-refractivity contribution in [3.8, 4) is 0 Å². The maximum atomic E-state index is 12.4. The molecule has 6 heteroatoms. The van der Waals surface area contributed by atoms with Crippen LogP contribution in [0.1, 0.15) is 393 Å². The highest BCUT2D eigenvalue weighted by Gasteiger charge is 2.20. The molecule has 0 rings (SSSR count). The van der Waals surface area contributed by atoms with Crippen LogP contribution in [0.5, 0.6) is 0 Å². The van der Waals surface area contributed by atoms with Crippen molar-refractivity contribution in [2.45, 2.75) is 405 Å². The van der Waals surface area contributed by atoms with Gasteiger partial charge in [-0.2, -0.15) is 0 Å². The molecule has 0 aromatic heterocycles. The van der Waals surface area contributed by atoms with Gasteiger partial charge in [0.1, 0.15) is 0 Å². The average Bonchev–Trinajstić information content (AvgIpc) is 3.47. The fourth-order valence-corrected chi connectivity index (χ4v) is 11.3. The summed E-state index contributed by atoms with van der Waals surface area (Å²) in [5.74, 6) is -0.0263. The third-order valence-corrected chi connectivity index (χ3v) is 16.9. The molecule has 0 heterocycles. The van der Waals surface area contributed by atoms with Gasteiger partial charge in [0.2, 0.25) is 5.91 Å². The van der Waals surface area contributed by atoms with E-state index in [2.05, 4.69) is 67.8 Å². The Morgan fingerprint density at radius 3 is 0.951 bits per heavy atom. The van der Waals surface area contributed by atoms with E-state index in [4.69, 9.17) is 4.74 Å². The number of hydrogen-bond donors (Lipinski definition) is 3. The predicted octanol–water partition coefficient (Wildman–Crippen LogP) is 23.6. The van der Waals surface area contributed by atoms with Gasteiger partial charge in [-0.3, -0.25) is 9.59 Å². The number of unbranched alkanes of at least 4 members (excludes halogenated alkanes) is 49. The van der Waals surface area contributed by atoms with Gasteiger partial charge in [-0.25, -0.2) is 0 Å². The largest absolute Gasteiger partial charge is 0.466 e. The first-order valence-electron chi connectivity index (χ1n) is 36.4. The first-order chi connectivity index (χ1) is 40.0. The molecule has 0 saturated carbocycles. The Hall–Kier alpha value is -2.18. The third kappa shape index (κ3) is 66.8. The Labute approximate surface area is 506 Å². The van der Waals surface area contributed by atoms with E-state index in [1.165, 1.54) is 302 Å². The molecule has 0 radical (unpaired) electrons. The minimum absolute atomic E-state index is 0.00684. The molecule has 0 spiro atoms. The topological polar surface area (TPSA) is 95.9 Å². The van der Waals surface area contributed by atoms with Crippen molar-refractivity contribution in [2.75, 3.05) is 13.2 Å². The Kier molecular flexibility index (Phi) is 68.4. The van der Waals surface area contributed by atoms with Crippen molar-refractivity contribution in [1.29, 1.82) is 0 Å². The summed E-state index contributed by atoms with van der Waals surface area (Å²) < 4.78 is 5.49. The third-order valence-electron chi connectivity index (χ3n) is 16.9. The minimum Gasteiger partial charge on any atom is -0.466 e. The van der Waals surface area contributed by atoms with Gasteiger partial charge in [-0.15, -0.1) is 0 Å². The zero-order valence-corrected chi connectivity index (χ0v) is 54.5. The molecule has 0 bridgehead atoms. The van der Waals surface area contributed by atoms with E-state index in [1.807, 2.05) is 0 Å². The molecule has 0 aliphatic rings. The van der Waals surface area contributed by atoms with Crippen LogP contribution in [-0.4, -0.2) is 47.4 Å². The van der Waals surface area contributed by atoms with Crippen LogP contribution >= 0.6 is 0 Å². The van der Waals surface area contributed by atoms with E-state index in [9.17, 15) is 19.8 Å². The number of amides is 1. The van der Waals surface area contributed by atoms with Gasteiger partial charge in [0.05, 0.1) is 25.4 Å². The van der Waals surface area contributed by atoms with E-state index in [1.54, 1.807) is 0 Å². The van der Waals surface area contributed by atoms with Crippen LogP contribution < -0.4 is 5.32 Å². The van der Waals surface area contributed by atoms with Crippen LogP contribution in [0, 0.1) is 0 Å². The fourth-order valence-electron chi connectivity index (χ4n) is 11.3. The van der Waals surface area contributed by atoms with Crippen LogP contribution in [0.25, 0.3) is 0 Å². The van der Waals surface area contributed by atoms with Gasteiger partial charge in [-0.1, -0.05) is 339 Å². The first-order valence-corrected chi connectivity index (χ1v) is 36.4. The summed E-state index contributed by atoms with van der Waals surface area (Å²) in [6.07, 6.45) is 92.0. The lowest BCUT2D eigenvalue weighted by Crippen LogP contribution is -2.45. The molecule has 0 aliphatic heterocycles. The smallest absolute Gasteiger partial charge is 0.305 e. The van der Waals surface area contributed by atoms with Crippen molar-refractivity contribution in [1.82, 2.24) is 5.32 Å². The molecule has 2 unspecified atom stereocenters. The molecule has 0 fully saturated rings. The SMILES string of the molecule is CCCCCC/C=C\C/C=C\CCCCCCCC(=O)OCCCCCCCCCCCCCCCCC/C=C\C/C=C\CCCCCCCCCCCCCCCCCCCC(=O)NC(CO)C(O)CCCCCCCCCCC. The zero-order valence-electron chi connectivity index (χ0n) is 54.5. The molecule has 1 amide bonds. The molecule has 0 aromatic rings. The first kappa shape index (κ1) is 78.8. The molecule has 0 saturated heterocycles. The second-order valence-electron chi connectivity index (χ2n) is 24.9. The summed E-state index contributed by atoms with van der Waals surface area (Å²) in [5.41, 5.74) is 0. The Bertz CT molecular complexity index is 1360. The van der Waals surface area contributed by atoms with Crippen LogP contribution in [0.4, 0.5) is 0 Å². The Morgan fingerprint density at radius 2 is 0.617 bits per heavy atom. The van der Waals surface area contributed by atoms with E-state index in [0.29, 0.717) is 25.9 Å². The minimum atomic E-state index is -0.660. The lowest BCUT2D eigenvalue weighted by molar-refractivity contribution is -0.143. The summed E-state index contributed by atoms with van der Waals surface area (Å²) in [5, 5.41) is 23.1. The maximum absolute atomic E-state index is 12.4.